The molecule has 288 valence electrons. The third-order valence-corrected chi connectivity index (χ3v) is 7.41. The molecule has 0 atom stereocenters. The summed E-state index contributed by atoms with van der Waals surface area (Å²) in [6.45, 7) is 0. The highest BCUT2D eigenvalue weighted by atomic mass is 19.4. The Morgan fingerprint density at radius 3 is 0.830 bits per heavy atom. The first-order chi connectivity index (χ1) is 23.9. The van der Waals surface area contributed by atoms with Gasteiger partial charge in [-0.1, -0.05) is 24.3 Å². The molecule has 0 saturated heterocycles. The molecule has 22 heteroatoms. The molecule has 4 N–H and O–H groups in total. The summed E-state index contributed by atoms with van der Waals surface area (Å²) >= 11 is 0. The lowest BCUT2D eigenvalue weighted by molar-refractivity contribution is -0.288. The van der Waals surface area contributed by atoms with E-state index >= 15 is 0 Å². The molecule has 4 nitrogen and oxygen atoms in total. The molecule has 0 saturated carbocycles. The molecule has 53 heavy (non-hydrogen) atoms. The van der Waals surface area contributed by atoms with Crippen LogP contribution in [0, 0.1) is 0 Å². The zero-order valence-electron chi connectivity index (χ0n) is 25.2. The number of ether oxygens (including phenoxy) is 2. The summed E-state index contributed by atoms with van der Waals surface area (Å²) in [7, 11) is 0. The van der Waals surface area contributed by atoms with Crippen LogP contribution >= 0.6 is 0 Å². The number of nitrogen functional groups attached to an aromatic ring is 2. The van der Waals surface area contributed by atoms with Crippen LogP contribution in [0.5, 0.6) is 23.0 Å². The number of benzene rings is 4. The molecule has 0 amide bonds. The second kappa shape index (κ2) is 13.0. The third-order valence-electron chi connectivity index (χ3n) is 7.41. The van der Waals surface area contributed by atoms with Crippen LogP contribution in [0.4, 0.5) is 90.4 Å². The van der Waals surface area contributed by atoms with Gasteiger partial charge in [0.1, 0.15) is 34.1 Å². The number of hydrogen-bond donors (Lipinski definition) is 2. The van der Waals surface area contributed by atoms with Crippen molar-refractivity contribution in [3.63, 3.8) is 0 Å². The first-order valence-electron chi connectivity index (χ1n) is 13.8. The van der Waals surface area contributed by atoms with E-state index in [-0.39, 0.29) is 48.5 Å². The highest BCUT2D eigenvalue weighted by Gasteiger charge is 2.72. The van der Waals surface area contributed by atoms with Gasteiger partial charge in [0.05, 0.1) is 11.1 Å². The first kappa shape index (κ1) is 40.6. The predicted octanol–water partition coefficient (Wildman–Crippen LogP) is 11.9. The van der Waals surface area contributed by atoms with Crippen LogP contribution in [0.3, 0.4) is 0 Å². The van der Waals surface area contributed by atoms with Gasteiger partial charge < -0.3 is 20.9 Å². The Balaban J connectivity index is 1.81. The van der Waals surface area contributed by atoms with E-state index in [0.717, 1.165) is 0 Å². The van der Waals surface area contributed by atoms with Crippen molar-refractivity contribution in [3.8, 4) is 23.0 Å². The summed E-state index contributed by atoms with van der Waals surface area (Å²) in [5, 5.41) is 0. The van der Waals surface area contributed by atoms with Gasteiger partial charge in [-0.2, -0.15) is 79.0 Å². The van der Waals surface area contributed by atoms with E-state index in [1.165, 1.54) is 0 Å². The normalized spacial score (nSPS) is 13.6. The maximum Gasteiger partial charge on any atom is 0.420 e. The molecule has 4 aromatic rings. The van der Waals surface area contributed by atoms with Gasteiger partial charge in [-0.3, -0.25) is 0 Å². The molecule has 0 bridgehead atoms. The van der Waals surface area contributed by atoms with Crippen LogP contribution in [0.2, 0.25) is 0 Å². The second-order valence-corrected chi connectivity index (χ2v) is 10.8. The molecule has 0 unspecified atom stereocenters. The lowest BCUT2D eigenvalue weighted by atomic mass is 9.73. The standard InChI is InChI=1S/C31H16F18N2O2/c32-26(33,34)21-17(50)9-11-19(23(21)28(38,39)40)52-15-5-1-13(2-6-15)25(30(44,45)46,31(47,48)49)14-3-7-16(8-4-14)53-20-12-10-18(51)22(27(35,36)37)24(20)29(41,42)43/h1-12H,50-51H2. The summed E-state index contributed by atoms with van der Waals surface area (Å²) in [5.74, 6) is -5.09. The van der Waals surface area contributed by atoms with Gasteiger partial charge in [-0.25, -0.2) is 0 Å². The molecule has 0 radical (unpaired) electrons. The Morgan fingerprint density at radius 2 is 0.604 bits per heavy atom. The summed E-state index contributed by atoms with van der Waals surface area (Å²) in [5.41, 5.74) is -10.7. The lowest BCUT2D eigenvalue weighted by Gasteiger charge is -2.38. The van der Waals surface area contributed by atoms with Crippen molar-refractivity contribution < 1.29 is 88.5 Å². The molecule has 0 spiro atoms. The molecule has 4 rings (SSSR count). The van der Waals surface area contributed by atoms with Crippen molar-refractivity contribution in [2.24, 2.45) is 0 Å². The maximum absolute atomic E-state index is 14.6. The second-order valence-electron chi connectivity index (χ2n) is 10.8. The summed E-state index contributed by atoms with van der Waals surface area (Å²) in [6.07, 6.45) is -35.6. The number of rotatable bonds is 6. The van der Waals surface area contributed by atoms with Gasteiger partial charge in [0.2, 0.25) is 5.41 Å². The van der Waals surface area contributed by atoms with Gasteiger partial charge in [-0.15, -0.1) is 0 Å². The molecule has 0 aliphatic carbocycles. The minimum absolute atomic E-state index is 0.0819. The topological polar surface area (TPSA) is 70.5 Å². The van der Waals surface area contributed by atoms with E-state index in [1.54, 1.807) is 0 Å². The van der Waals surface area contributed by atoms with E-state index < -0.39 is 110 Å². The van der Waals surface area contributed by atoms with Gasteiger partial charge >= 0.3 is 37.1 Å². The van der Waals surface area contributed by atoms with Crippen molar-refractivity contribution >= 4 is 11.4 Å². The molecule has 4 aromatic carbocycles. The number of halogens is 18. The third kappa shape index (κ3) is 7.66. The van der Waals surface area contributed by atoms with Gasteiger partial charge in [0, 0.05) is 11.4 Å². The Morgan fingerprint density at radius 1 is 0.340 bits per heavy atom. The maximum atomic E-state index is 14.6. The van der Waals surface area contributed by atoms with Crippen molar-refractivity contribution in [3.05, 3.63) is 106 Å². The Hall–Kier alpha value is -5.18. The number of hydrogen-bond acceptors (Lipinski definition) is 4. The van der Waals surface area contributed by atoms with Crippen molar-refractivity contribution in [2.75, 3.05) is 11.5 Å². The SMILES string of the molecule is Nc1ccc(Oc2ccc(C(c3ccc(Oc4ccc(N)c(C(F)(F)F)c4C(F)(F)F)cc3)(C(F)(F)F)C(F)(F)F)cc2)c(C(F)(F)F)c1C(F)(F)F. The monoisotopic (exact) mass is 790 g/mol. The fraction of sp³-hybridized carbons (Fsp3) is 0.226. The predicted molar refractivity (Wildman–Crippen MR) is 148 cm³/mol. The summed E-state index contributed by atoms with van der Waals surface area (Å²) < 4.78 is 260. The van der Waals surface area contributed by atoms with Crippen LogP contribution in [0.25, 0.3) is 0 Å². The Labute approximate surface area is 283 Å². The van der Waals surface area contributed by atoms with Crippen molar-refractivity contribution in [1.29, 1.82) is 0 Å². The zero-order valence-corrected chi connectivity index (χ0v) is 25.2. The average molecular weight is 790 g/mol. The number of alkyl halides is 18. The van der Waals surface area contributed by atoms with E-state index in [4.69, 9.17) is 20.9 Å². The van der Waals surface area contributed by atoms with Crippen LogP contribution in [-0.2, 0) is 30.1 Å². The van der Waals surface area contributed by atoms with Crippen LogP contribution in [-0.4, -0.2) is 12.4 Å². The van der Waals surface area contributed by atoms with Gasteiger partial charge in [-0.05, 0) is 59.7 Å². The summed E-state index contributed by atoms with van der Waals surface area (Å²) in [6, 6.07) is 2.82. The Kier molecular flexibility index (Phi) is 9.99. The smallest absolute Gasteiger partial charge is 0.420 e. The molecular formula is C31H16F18N2O2. The highest BCUT2D eigenvalue weighted by Crippen LogP contribution is 2.57. The lowest BCUT2D eigenvalue weighted by Crippen LogP contribution is -2.54. The van der Waals surface area contributed by atoms with Crippen LogP contribution in [0.1, 0.15) is 33.4 Å². The fourth-order valence-electron chi connectivity index (χ4n) is 5.33. The number of anilines is 2. The molecule has 0 fully saturated rings. The average Bonchev–Trinajstić information content (AvgIpc) is 2.97. The molecular weight excluding hydrogens is 774 g/mol. The number of nitrogens with two attached hydrogens (primary N) is 2. The summed E-state index contributed by atoms with van der Waals surface area (Å²) in [4.78, 5) is 0. The van der Waals surface area contributed by atoms with E-state index in [2.05, 4.69) is 0 Å². The fourth-order valence-corrected chi connectivity index (χ4v) is 5.33. The minimum atomic E-state index is -6.32. The van der Waals surface area contributed by atoms with Gasteiger partial charge in [0.15, 0.2) is 0 Å². The highest BCUT2D eigenvalue weighted by molar-refractivity contribution is 5.61. The minimum Gasteiger partial charge on any atom is -0.457 e. The van der Waals surface area contributed by atoms with E-state index in [9.17, 15) is 79.0 Å². The largest absolute Gasteiger partial charge is 0.457 e. The molecule has 0 heterocycles. The molecule has 0 aliphatic heterocycles. The van der Waals surface area contributed by atoms with E-state index in [1.807, 2.05) is 0 Å². The van der Waals surface area contributed by atoms with Gasteiger partial charge in [0.25, 0.3) is 0 Å². The zero-order chi connectivity index (χ0) is 40.3. The van der Waals surface area contributed by atoms with Crippen LogP contribution < -0.4 is 20.9 Å². The van der Waals surface area contributed by atoms with E-state index in [0.29, 0.717) is 24.3 Å². The van der Waals surface area contributed by atoms with Crippen molar-refractivity contribution in [2.45, 2.75) is 42.5 Å². The molecule has 0 aromatic heterocycles. The molecule has 0 aliphatic rings. The van der Waals surface area contributed by atoms with Crippen LogP contribution in [0.15, 0.2) is 72.8 Å². The quantitative estimate of drug-likeness (QED) is 0.151. The van der Waals surface area contributed by atoms with Crippen molar-refractivity contribution in [1.82, 2.24) is 0 Å². The first-order valence-corrected chi connectivity index (χ1v) is 13.8. The Bertz CT molecular complexity index is 1810.